The van der Waals surface area contributed by atoms with Crippen LogP contribution in [0.2, 0.25) is 0 Å². The molecule has 3 N–H and O–H groups in total. The maximum absolute atomic E-state index is 13.0. The number of aromatic amines is 1. The first-order chi connectivity index (χ1) is 12.9. The quantitative estimate of drug-likeness (QED) is 0.727. The van der Waals surface area contributed by atoms with Gasteiger partial charge in [0, 0.05) is 25.6 Å². The van der Waals surface area contributed by atoms with Gasteiger partial charge in [0.1, 0.15) is 0 Å². The number of benzene rings is 1. The molecule has 9 heteroatoms. The van der Waals surface area contributed by atoms with Gasteiger partial charge < -0.3 is 10.6 Å². The molecule has 2 amide bonds. The van der Waals surface area contributed by atoms with Crippen molar-refractivity contribution in [2.24, 2.45) is 0 Å². The molecule has 3 rings (SSSR count). The molecule has 1 atom stereocenters. The molecule has 8 nitrogen and oxygen atoms in total. The van der Waals surface area contributed by atoms with Crippen LogP contribution in [0.15, 0.2) is 35.4 Å². The molecule has 2 heterocycles. The summed E-state index contributed by atoms with van der Waals surface area (Å²) in [5.74, 6) is -0.0570. The summed E-state index contributed by atoms with van der Waals surface area (Å²) in [6.45, 7) is 5.12. The first-order valence-electron chi connectivity index (χ1n) is 9.06. The van der Waals surface area contributed by atoms with Crippen molar-refractivity contribution >= 4 is 21.7 Å². The van der Waals surface area contributed by atoms with Gasteiger partial charge in [-0.1, -0.05) is 17.7 Å². The molecule has 2 aromatic rings. The van der Waals surface area contributed by atoms with Crippen LogP contribution in [-0.2, 0) is 10.0 Å². The third-order valence-electron chi connectivity index (χ3n) is 4.71. The van der Waals surface area contributed by atoms with Crippen molar-refractivity contribution in [3.05, 3.63) is 41.7 Å². The number of nitrogens with zero attached hydrogens (tertiary/aromatic N) is 2. The lowest BCUT2D eigenvalue weighted by Crippen LogP contribution is -2.39. The molecule has 0 saturated carbocycles. The predicted octanol–water partition coefficient (Wildman–Crippen LogP) is 2.43. The van der Waals surface area contributed by atoms with Crippen LogP contribution in [-0.4, -0.2) is 48.6 Å². The van der Waals surface area contributed by atoms with Crippen LogP contribution in [0.4, 0.5) is 10.5 Å². The summed E-state index contributed by atoms with van der Waals surface area (Å²) in [5, 5.41) is 12.4. The Morgan fingerprint density at radius 1 is 1.33 bits per heavy atom. The smallest absolute Gasteiger partial charge is 0.319 e. The fraction of sp³-hybridized carbons (Fsp3) is 0.444. The van der Waals surface area contributed by atoms with Gasteiger partial charge in [0.25, 0.3) is 0 Å². The van der Waals surface area contributed by atoms with Crippen LogP contribution < -0.4 is 10.6 Å². The van der Waals surface area contributed by atoms with Gasteiger partial charge in [-0.3, -0.25) is 5.10 Å². The average Bonchev–Trinajstić information content (AvgIpc) is 3.10. The standard InChI is InChI=1S/C18H25N5O3S/c1-3-19-18(24)21-16-11-20-22-17(16)14-5-4-10-23(12-14)27(25,26)15-8-6-13(2)7-9-15/h6-9,11,14H,3-5,10,12H2,1-2H3,(H,20,22)(H2,19,21,24)/t14-/m1/s1. The Bertz CT molecular complexity index is 892. The van der Waals surface area contributed by atoms with Gasteiger partial charge in [0.2, 0.25) is 10.0 Å². The number of hydrogen-bond donors (Lipinski definition) is 3. The number of carbonyl (C=O) groups is 1. The van der Waals surface area contributed by atoms with E-state index in [1.54, 1.807) is 30.5 Å². The number of urea groups is 1. The van der Waals surface area contributed by atoms with Crippen molar-refractivity contribution in [3.8, 4) is 0 Å². The second-order valence-corrected chi connectivity index (χ2v) is 8.63. The van der Waals surface area contributed by atoms with E-state index in [9.17, 15) is 13.2 Å². The van der Waals surface area contributed by atoms with Gasteiger partial charge in [-0.05, 0) is 38.8 Å². The minimum Gasteiger partial charge on any atom is -0.338 e. The van der Waals surface area contributed by atoms with Crippen molar-refractivity contribution in [1.29, 1.82) is 0 Å². The van der Waals surface area contributed by atoms with Gasteiger partial charge in [0.05, 0.1) is 22.5 Å². The van der Waals surface area contributed by atoms with Crippen LogP contribution in [0.25, 0.3) is 0 Å². The summed E-state index contributed by atoms with van der Waals surface area (Å²) >= 11 is 0. The van der Waals surface area contributed by atoms with Crippen molar-refractivity contribution in [2.45, 2.75) is 37.5 Å². The minimum atomic E-state index is -3.55. The number of aromatic nitrogens is 2. The van der Waals surface area contributed by atoms with E-state index in [2.05, 4.69) is 20.8 Å². The Morgan fingerprint density at radius 2 is 2.07 bits per heavy atom. The molecule has 0 spiro atoms. The lowest BCUT2D eigenvalue weighted by atomic mass is 9.95. The van der Waals surface area contributed by atoms with E-state index in [1.807, 2.05) is 13.8 Å². The van der Waals surface area contributed by atoms with Gasteiger partial charge in [-0.25, -0.2) is 13.2 Å². The number of anilines is 1. The average molecular weight is 391 g/mol. The molecule has 1 aromatic carbocycles. The Kier molecular flexibility index (Phi) is 5.81. The van der Waals surface area contributed by atoms with E-state index >= 15 is 0 Å². The van der Waals surface area contributed by atoms with Crippen LogP contribution in [0.1, 0.15) is 36.9 Å². The number of H-pyrrole nitrogens is 1. The Balaban J connectivity index is 1.78. The second kappa shape index (κ2) is 8.10. The molecule has 146 valence electrons. The summed E-state index contributed by atoms with van der Waals surface area (Å²) in [5.41, 5.74) is 2.36. The molecule has 1 aliphatic rings. The SMILES string of the molecule is CCNC(=O)Nc1cn[nH]c1[C@@H]1CCCN(S(=O)(=O)c2ccc(C)cc2)C1. The molecular weight excluding hydrogens is 366 g/mol. The normalized spacial score (nSPS) is 18.2. The van der Waals surface area contributed by atoms with E-state index < -0.39 is 10.0 Å². The number of rotatable bonds is 5. The highest BCUT2D eigenvalue weighted by Gasteiger charge is 2.32. The summed E-state index contributed by atoms with van der Waals surface area (Å²) in [6.07, 6.45) is 3.12. The minimum absolute atomic E-state index is 0.0570. The van der Waals surface area contributed by atoms with E-state index in [1.165, 1.54) is 4.31 Å². The number of piperidine rings is 1. The predicted molar refractivity (Wildman–Crippen MR) is 103 cm³/mol. The maximum atomic E-state index is 13.0. The van der Waals surface area contributed by atoms with E-state index in [0.717, 1.165) is 24.1 Å². The molecule has 27 heavy (non-hydrogen) atoms. The zero-order valence-corrected chi connectivity index (χ0v) is 16.3. The number of aryl methyl sites for hydroxylation is 1. The van der Waals surface area contributed by atoms with Gasteiger partial charge in [-0.2, -0.15) is 9.40 Å². The summed E-state index contributed by atoms with van der Waals surface area (Å²) < 4.78 is 27.5. The third-order valence-corrected chi connectivity index (χ3v) is 6.58. The molecule has 0 unspecified atom stereocenters. The third kappa shape index (κ3) is 4.30. The monoisotopic (exact) mass is 391 g/mol. The lowest BCUT2D eigenvalue weighted by molar-refractivity contribution is 0.252. The number of carbonyl (C=O) groups excluding carboxylic acids is 1. The van der Waals surface area contributed by atoms with Crippen LogP contribution in [0.3, 0.4) is 0 Å². The van der Waals surface area contributed by atoms with Crippen molar-refractivity contribution < 1.29 is 13.2 Å². The zero-order valence-electron chi connectivity index (χ0n) is 15.5. The fourth-order valence-electron chi connectivity index (χ4n) is 3.29. The zero-order chi connectivity index (χ0) is 19.4. The number of sulfonamides is 1. The van der Waals surface area contributed by atoms with Gasteiger partial charge in [-0.15, -0.1) is 0 Å². The van der Waals surface area contributed by atoms with Crippen LogP contribution >= 0.6 is 0 Å². The Labute approximate surface area is 159 Å². The Morgan fingerprint density at radius 3 is 2.78 bits per heavy atom. The lowest BCUT2D eigenvalue weighted by Gasteiger charge is -2.31. The van der Waals surface area contributed by atoms with Crippen molar-refractivity contribution in [1.82, 2.24) is 19.8 Å². The molecule has 0 bridgehead atoms. The molecule has 1 fully saturated rings. The van der Waals surface area contributed by atoms with Crippen LogP contribution in [0, 0.1) is 6.92 Å². The highest BCUT2D eigenvalue weighted by atomic mass is 32.2. The highest BCUT2D eigenvalue weighted by Crippen LogP contribution is 2.32. The largest absolute Gasteiger partial charge is 0.338 e. The first kappa shape index (κ1) is 19.4. The topological polar surface area (TPSA) is 107 Å². The number of amides is 2. The van der Waals surface area contributed by atoms with Crippen molar-refractivity contribution in [2.75, 3.05) is 25.0 Å². The van der Waals surface area contributed by atoms with Crippen LogP contribution in [0.5, 0.6) is 0 Å². The molecule has 1 saturated heterocycles. The van der Waals surface area contributed by atoms with Gasteiger partial charge >= 0.3 is 6.03 Å². The number of hydrogen-bond acceptors (Lipinski definition) is 4. The molecular formula is C18H25N5O3S. The van der Waals surface area contributed by atoms with Crippen molar-refractivity contribution in [3.63, 3.8) is 0 Å². The molecule has 1 aromatic heterocycles. The second-order valence-electron chi connectivity index (χ2n) is 6.70. The molecule has 0 aliphatic carbocycles. The highest BCUT2D eigenvalue weighted by molar-refractivity contribution is 7.89. The molecule has 1 aliphatic heterocycles. The first-order valence-corrected chi connectivity index (χ1v) is 10.5. The summed E-state index contributed by atoms with van der Waals surface area (Å²) in [4.78, 5) is 12.1. The van der Waals surface area contributed by atoms with Gasteiger partial charge in [0.15, 0.2) is 0 Å². The Hall–Kier alpha value is -2.39. The van der Waals surface area contributed by atoms with E-state index in [4.69, 9.17) is 0 Å². The molecule has 0 radical (unpaired) electrons. The fourth-order valence-corrected chi connectivity index (χ4v) is 4.81. The maximum Gasteiger partial charge on any atom is 0.319 e. The summed E-state index contributed by atoms with van der Waals surface area (Å²) in [6, 6.07) is 6.59. The summed E-state index contributed by atoms with van der Waals surface area (Å²) in [7, 11) is -3.55. The van der Waals surface area contributed by atoms with E-state index in [-0.39, 0.29) is 11.9 Å². The number of nitrogens with one attached hydrogen (secondary N) is 3. The van der Waals surface area contributed by atoms with E-state index in [0.29, 0.717) is 30.2 Å².